The number of carbonyl (C=O) groups is 1. The molecule has 2 N–H and O–H groups in total. The number of hydrogen-bond donors (Lipinski definition) is 2. The Balaban J connectivity index is 1.31. The predicted octanol–water partition coefficient (Wildman–Crippen LogP) is 1.43. The first-order valence-corrected chi connectivity index (χ1v) is 10.7. The Hall–Kier alpha value is -0.930. The molecule has 0 atom stereocenters. The fourth-order valence-electron chi connectivity index (χ4n) is 3.18. The number of thioether (sulfide) groups is 2. The molecule has 7 nitrogen and oxygen atoms in total. The molecular weight excluding hydrogens is 344 g/mol. The molecule has 3 rings (SSSR count). The largest absolute Gasteiger partial charge is 0.337 e. The zero-order valence-corrected chi connectivity index (χ0v) is 15.8. The molecule has 3 heterocycles. The summed E-state index contributed by atoms with van der Waals surface area (Å²) in [7, 11) is 0. The summed E-state index contributed by atoms with van der Waals surface area (Å²) in [4.78, 5) is 21.1. The van der Waals surface area contributed by atoms with Gasteiger partial charge in [-0.1, -0.05) is 11.8 Å². The topological polar surface area (TPSA) is 77.2 Å². The first kappa shape index (κ1) is 17.9. The van der Waals surface area contributed by atoms with Crippen LogP contribution in [0.25, 0.3) is 0 Å². The Labute approximate surface area is 151 Å². The number of H-pyrrole nitrogens is 1. The number of rotatable bonds is 5. The number of likely N-dealkylation sites (tertiary alicyclic amines) is 1. The Morgan fingerprint density at radius 1 is 1.33 bits per heavy atom. The summed E-state index contributed by atoms with van der Waals surface area (Å²) in [6, 6.07) is 0.730. The molecule has 0 unspecified atom stereocenters. The van der Waals surface area contributed by atoms with E-state index in [0.717, 1.165) is 42.7 Å². The lowest BCUT2D eigenvalue weighted by Gasteiger charge is -2.40. The maximum absolute atomic E-state index is 12.2. The van der Waals surface area contributed by atoms with Crippen LogP contribution in [-0.4, -0.2) is 87.0 Å². The zero-order chi connectivity index (χ0) is 16.8. The van der Waals surface area contributed by atoms with Crippen LogP contribution in [0.3, 0.4) is 0 Å². The van der Waals surface area contributed by atoms with E-state index < -0.39 is 0 Å². The van der Waals surface area contributed by atoms with E-state index in [1.165, 1.54) is 24.6 Å². The number of aromatic amines is 1. The summed E-state index contributed by atoms with van der Waals surface area (Å²) in [5.41, 5.74) is 0. The number of nitrogens with one attached hydrogen (secondary N) is 2. The van der Waals surface area contributed by atoms with Gasteiger partial charge in [0.1, 0.15) is 5.82 Å². The van der Waals surface area contributed by atoms with Crippen molar-refractivity contribution in [3.8, 4) is 0 Å². The van der Waals surface area contributed by atoms with Gasteiger partial charge in [-0.3, -0.25) is 10.00 Å². The molecule has 2 aliphatic rings. The Morgan fingerprint density at radius 2 is 2.08 bits per heavy atom. The summed E-state index contributed by atoms with van der Waals surface area (Å²) in [6.45, 7) is 6.67. The van der Waals surface area contributed by atoms with Gasteiger partial charge in [0.2, 0.25) is 5.16 Å². The summed E-state index contributed by atoms with van der Waals surface area (Å²) < 4.78 is 0. The minimum absolute atomic E-state index is 0.0643. The van der Waals surface area contributed by atoms with E-state index >= 15 is 0 Å². The van der Waals surface area contributed by atoms with Crippen molar-refractivity contribution in [2.45, 2.75) is 31.0 Å². The molecule has 2 fully saturated rings. The van der Waals surface area contributed by atoms with Gasteiger partial charge in [-0.25, -0.2) is 9.78 Å². The number of carbonyl (C=O) groups excluding carboxylic acids is 1. The number of aryl methyl sites for hydroxylation is 1. The quantitative estimate of drug-likeness (QED) is 0.603. The Bertz CT molecular complexity index is 526. The summed E-state index contributed by atoms with van der Waals surface area (Å²) >= 11 is 3.60. The van der Waals surface area contributed by atoms with Crippen molar-refractivity contribution in [2.24, 2.45) is 0 Å². The summed E-state index contributed by atoms with van der Waals surface area (Å²) in [5.74, 6) is 4.10. The third kappa shape index (κ3) is 5.03. The average molecular weight is 371 g/mol. The highest BCUT2D eigenvalue weighted by atomic mass is 32.2. The molecule has 134 valence electrons. The van der Waals surface area contributed by atoms with Gasteiger partial charge in [0.05, 0.1) is 0 Å². The number of aromatic nitrogens is 3. The first-order chi connectivity index (χ1) is 11.7. The highest BCUT2D eigenvalue weighted by Gasteiger charge is 2.27. The fourth-order valence-corrected chi connectivity index (χ4v) is 4.81. The zero-order valence-electron chi connectivity index (χ0n) is 14.2. The van der Waals surface area contributed by atoms with Crippen molar-refractivity contribution in [3.63, 3.8) is 0 Å². The second kappa shape index (κ2) is 8.96. The van der Waals surface area contributed by atoms with Crippen molar-refractivity contribution in [3.05, 3.63) is 5.82 Å². The molecule has 2 aliphatic heterocycles. The fraction of sp³-hybridized carbons (Fsp3) is 0.800. The molecule has 0 saturated carbocycles. The summed E-state index contributed by atoms with van der Waals surface area (Å²) in [6.07, 6.45) is 2.20. The van der Waals surface area contributed by atoms with Gasteiger partial charge in [-0.15, -0.1) is 5.10 Å². The molecule has 2 saturated heterocycles. The average Bonchev–Trinajstić information content (AvgIpc) is 3.05. The second-order valence-electron chi connectivity index (χ2n) is 6.15. The monoisotopic (exact) mass is 370 g/mol. The second-order valence-corrected chi connectivity index (χ2v) is 8.44. The van der Waals surface area contributed by atoms with Gasteiger partial charge in [0.15, 0.2) is 0 Å². The van der Waals surface area contributed by atoms with Crippen LogP contribution in [0, 0.1) is 6.92 Å². The van der Waals surface area contributed by atoms with E-state index in [4.69, 9.17) is 0 Å². The molecule has 0 radical (unpaired) electrons. The number of urea groups is 1. The van der Waals surface area contributed by atoms with Crippen molar-refractivity contribution in [1.29, 1.82) is 0 Å². The van der Waals surface area contributed by atoms with Gasteiger partial charge in [-0.05, 0) is 19.8 Å². The van der Waals surface area contributed by atoms with Crippen molar-refractivity contribution in [1.82, 2.24) is 30.3 Å². The van der Waals surface area contributed by atoms with Crippen molar-refractivity contribution < 1.29 is 4.79 Å². The number of piperidine rings is 1. The minimum Gasteiger partial charge on any atom is -0.337 e. The molecule has 9 heteroatoms. The number of hydrogen-bond acceptors (Lipinski definition) is 6. The van der Waals surface area contributed by atoms with Crippen LogP contribution in [-0.2, 0) is 0 Å². The molecule has 24 heavy (non-hydrogen) atoms. The van der Waals surface area contributed by atoms with Crippen molar-refractivity contribution >= 4 is 29.6 Å². The minimum atomic E-state index is 0.0643. The van der Waals surface area contributed by atoms with Gasteiger partial charge < -0.3 is 10.2 Å². The van der Waals surface area contributed by atoms with Crippen LogP contribution >= 0.6 is 23.5 Å². The Morgan fingerprint density at radius 3 is 2.75 bits per heavy atom. The first-order valence-electron chi connectivity index (χ1n) is 8.59. The van der Waals surface area contributed by atoms with E-state index in [9.17, 15) is 4.79 Å². The van der Waals surface area contributed by atoms with Crippen LogP contribution in [0.15, 0.2) is 5.16 Å². The van der Waals surface area contributed by atoms with E-state index in [1.807, 2.05) is 23.6 Å². The lowest BCUT2D eigenvalue weighted by Crippen LogP contribution is -2.51. The van der Waals surface area contributed by atoms with Gasteiger partial charge in [-0.2, -0.15) is 11.8 Å². The van der Waals surface area contributed by atoms with Gasteiger partial charge in [0, 0.05) is 56.0 Å². The van der Waals surface area contributed by atoms with Crippen LogP contribution in [0.1, 0.15) is 18.7 Å². The Kier molecular flexibility index (Phi) is 6.67. The van der Waals surface area contributed by atoms with Crippen LogP contribution < -0.4 is 5.32 Å². The number of amides is 2. The highest BCUT2D eigenvalue weighted by molar-refractivity contribution is 7.99. The maximum atomic E-state index is 12.2. The maximum Gasteiger partial charge on any atom is 0.317 e. The number of nitrogens with zero attached hydrogens (tertiary/aromatic N) is 4. The molecule has 1 aromatic rings. The molecular formula is C15H26N6OS2. The molecule has 1 aromatic heterocycles. The third-order valence-corrected chi connectivity index (χ3v) is 6.29. The third-order valence-electron chi connectivity index (χ3n) is 4.50. The molecule has 0 spiro atoms. The van der Waals surface area contributed by atoms with Gasteiger partial charge >= 0.3 is 6.03 Å². The predicted molar refractivity (Wildman–Crippen MR) is 98.7 cm³/mol. The summed E-state index contributed by atoms with van der Waals surface area (Å²) in [5, 5.41) is 10.6. The molecule has 0 bridgehead atoms. The van der Waals surface area contributed by atoms with E-state index in [2.05, 4.69) is 25.4 Å². The highest BCUT2D eigenvalue weighted by Crippen LogP contribution is 2.20. The smallest absolute Gasteiger partial charge is 0.317 e. The normalized spacial score (nSPS) is 20.3. The van der Waals surface area contributed by atoms with Crippen LogP contribution in [0.2, 0.25) is 0 Å². The molecule has 0 aliphatic carbocycles. The standard InChI is InChI=1S/C15H26N6OS2/c1-12-17-14(19-18-12)24-9-4-16-15(22)21-5-2-13(3-6-21)20-7-10-23-11-8-20/h13H,2-11H2,1H3,(H,16,22)(H,17,18,19). The van der Waals surface area contributed by atoms with Crippen LogP contribution in [0.5, 0.6) is 0 Å². The SMILES string of the molecule is Cc1nc(SCCNC(=O)N2CCC(N3CCSCC3)CC2)n[nH]1. The van der Waals surface area contributed by atoms with Gasteiger partial charge in [0.25, 0.3) is 0 Å². The van der Waals surface area contributed by atoms with Crippen LogP contribution in [0.4, 0.5) is 4.79 Å². The van der Waals surface area contributed by atoms with E-state index in [-0.39, 0.29) is 6.03 Å². The molecule has 2 amide bonds. The van der Waals surface area contributed by atoms with E-state index in [1.54, 1.807) is 11.8 Å². The van der Waals surface area contributed by atoms with Crippen molar-refractivity contribution in [2.75, 3.05) is 50.0 Å². The molecule has 0 aromatic carbocycles. The lowest BCUT2D eigenvalue weighted by atomic mass is 10.0. The lowest BCUT2D eigenvalue weighted by molar-refractivity contribution is 0.125. The van der Waals surface area contributed by atoms with E-state index in [0.29, 0.717) is 12.6 Å².